The fourth-order valence-corrected chi connectivity index (χ4v) is 6.09. The van der Waals surface area contributed by atoms with Gasteiger partial charge in [0.1, 0.15) is 23.2 Å². The zero-order valence-electron chi connectivity index (χ0n) is 25.3. The molecule has 0 aromatic heterocycles. The lowest BCUT2D eigenvalue weighted by atomic mass is 9.72. The number of hydrogen-bond acceptors (Lipinski definition) is 10. The molecule has 5 amide bonds. The number of urea groups is 1. The molecule has 262 valence electrons. The van der Waals surface area contributed by atoms with Crippen molar-refractivity contribution in [2.45, 2.75) is 24.9 Å². The summed E-state index contributed by atoms with van der Waals surface area (Å²) in [5, 5.41) is 43.6. The number of nitrogens with zero attached hydrogens (tertiary/aromatic N) is 2. The van der Waals surface area contributed by atoms with Crippen molar-refractivity contribution in [1.29, 1.82) is 0 Å². The third-order valence-electron chi connectivity index (χ3n) is 7.94. The molecule has 1 fully saturated rings. The van der Waals surface area contributed by atoms with E-state index in [1.807, 2.05) is 0 Å². The number of aromatic carboxylic acids is 1. The van der Waals surface area contributed by atoms with Crippen LogP contribution in [0.25, 0.3) is 0 Å². The molecule has 2 heterocycles. The number of nitrogens with one attached hydrogen (secondary N) is 2. The Morgan fingerprint density at radius 3 is 2.36 bits per heavy atom. The third-order valence-corrected chi connectivity index (χ3v) is 9.33. The molecule has 8 N–H and O–H groups in total. The normalized spacial score (nSPS) is 16.7. The number of phenols is 2. The van der Waals surface area contributed by atoms with Crippen molar-refractivity contribution in [2.75, 3.05) is 13.1 Å². The topological polar surface area (TPSA) is 264 Å². The van der Waals surface area contributed by atoms with E-state index in [4.69, 9.17) is 16.3 Å². The van der Waals surface area contributed by atoms with Crippen molar-refractivity contribution in [3.63, 3.8) is 0 Å². The molecule has 2 aliphatic heterocycles. The van der Waals surface area contributed by atoms with E-state index >= 15 is 0 Å². The largest absolute Gasteiger partial charge is 0.547 e. The van der Waals surface area contributed by atoms with E-state index in [0.717, 1.165) is 41.3 Å². The number of imide groups is 1. The Labute approximate surface area is 286 Å². The van der Waals surface area contributed by atoms with Gasteiger partial charge in [-0.15, -0.1) is 0 Å². The van der Waals surface area contributed by atoms with E-state index in [2.05, 4.69) is 10.6 Å². The highest BCUT2D eigenvalue weighted by Gasteiger charge is 2.42. The summed E-state index contributed by atoms with van der Waals surface area (Å²) in [5.41, 5.74) is -0.562. The highest BCUT2D eigenvalue weighted by atomic mass is 35.5. The second-order valence-electron chi connectivity index (χ2n) is 11.2. The van der Waals surface area contributed by atoms with Crippen LogP contribution in [-0.4, -0.2) is 95.8 Å². The Morgan fingerprint density at radius 1 is 1.04 bits per heavy atom. The van der Waals surface area contributed by atoms with Gasteiger partial charge in [0.05, 0.1) is 16.3 Å². The average molecular weight is 735 g/mol. The monoisotopic (exact) mass is 734 g/mol. The molecule has 2 aliphatic rings. The Morgan fingerprint density at radius 2 is 1.72 bits per heavy atom. The van der Waals surface area contributed by atoms with Crippen LogP contribution in [0.1, 0.15) is 33.1 Å². The molecule has 0 saturated carbocycles. The summed E-state index contributed by atoms with van der Waals surface area (Å²) < 4.78 is 31.1. The molecule has 2 atom stereocenters. The van der Waals surface area contributed by atoms with Crippen LogP contribution in [0.15, 0.2) is 48.5 Å². The fraction of sp³-hybridized carbons (Fsp3) is 0.207. The number of carboxylic acid groups (broad SMARTS) is 1. The molecule has 17 nitrogen and oxygen atoms in total. The molecule has 5 rings (SSSR count). The van der Waals surface area contributed by atoms with Gasteiger partial charge in [-0.25, -0.2) is 14.0 Å². The number of benzene rings is 3. The van der Waals surface area contributed by atoms with Crippen molar-refractivity contribution in [1.82, 2.24) is 20.4 Å². The fourth-order valence-electron chi connectivity index (χ4n) is 5.33. The molecule has 21 heteroatoms. The average Bonchev–Trinajstić information content (AvgIpc) is 3.05. The van der Waals surface area contributed by atoms with Crippen LogP contribution >= 0.6 is 19.2 Å². The minimum absolute atomic E-state index is 0.0471. The van der Waals surface area contributed by atoms with E-state index < -0.39 is 90.4 Å². The number of carbonyl (C=O) groups is 5. The van der Waals surface area contributed by atoms with E-state index in [1.165, 1.54) is 12.1 Å². The maximum absolute atomic E-state index is 14.2. The smallest absolute Gasteiger partial charge is 0.534 e. The summed E-state index contributed by atoms with van der Waals surface area (Å²) in [6.07, 6.45) is -0.252. The van der Waals surface area contributed by atoms with Crippen LogP contribution in [0, 0.1) is 5.82 Å². The number of piperazine rings is 1. The molecule has 0 spiro atoms. The number of rotatable bonds is 8. The molecule has 50 heavy (non-hydrogen) atoms. The minimum atomic E-state index is -4.71. The highest BCUT2D eigenvalue weighted by Crippen LogP contribution is 2.37. The van der Waals surface area contributed by atoms with Crippen LogP contribution in [0.2, 0.25) is 5.02 Å². The Balaban J connectivity index is 1.36. The zero-order valence-corrected chi connectivity index (χ0v) is 27.0. The first-order valence-electron chi connectivity index (χ1n) is 14.4. The van der Waals surface area contributed by atoms with Gasteiger partial charge >= 0.3 is 38.5 Å². The molecule has 1 saturated heterocycles. The SMILES string of the molecule is O=C(O)c1c(F)ccc2c1OB(O)[C@@H](NC(=O)[C@@H](NC(=O)N1CCN(Cc3ccc(O)c(O)c3Cl)C(=O)C1=O)c1ccc(P(=O)(O)O)cc1)C2. The number of halogens is 2. The first-order chi connectivity index (χ1) is 23.5. The predicted molar refractivity (Wildman–Crippen MR) is 169 cm³/mol. The highest BCUT2D eigenvalue weighted by molar-refractivity contribution is 7.60. The predicted octanol–water partition coefficient (Wildman–Crippen LogP) is 0.153. The standard InChI is InChI=1S/C29H26BClFN4O13P/c31-21-15(4-8-18(37)23(21)38)12-35-9-10-36(27(41)26(35)40)29(44)34-22(13-1-5-16(6-2-13)50(46,47)48)25(39)33-19-11-14-3-7-17(32)20(28(42)43)24(14)49-30(19)45/h1-8,19,22,37-38,45H,9-12H2,(H,33,39)(H,34,44)(H,42,43)(H2,46,47,48)/t19-,22-/m0/s1. The molecule has 0 bridgehead atoms. The lowest BCUT2D eigenvalue weighted by Gasteiger charge is -2.34. The number of phenolic OH excluding ortho intramolecular Hbond substituents is 2. The van der Waals surface area contributed by atoms with Gasteiger partial charge in [0, 0.05) is 19.6 Å². The van der Waals surface area contributed by atoms with Crippen molar-refractivity contribution in [3.8, 4) is 17.2 Å². The molecular formula is C29H26BClFN4O13P. The molecule has 0 unspecified atom stereocenters. The molecular weight excluding hydrogens is 709 g/mol. The lowest BCUT2D eigenvalue weighted by Crippen LogP contribution is -2.60. The van der Waals surface area contributed by atoms with Gasteiger partial charge < -0.3 is 50.3 Å². The number of carbonyl (C=O) groups excluding carboxylic acids is 4. The van der Waals surface area contributed by atoms with Crippen LogP contribution in [0.5, 0.6) is 17.2 Å². The van der Waals surface area contributed by atoms with Crippen molar-refractivity contribution >= 4 is 61.3 Å². The third kappa shape index (κ3) is 7.22. The molecule has 3 aromatic carbocycles. The van der Waals surface area contributed by atoms with Gasteiger partial charge in [0.2, 0.25) is 5.91 Å². The quantitative estimate of drug-likeness (QED) is 0.0664. The Bertz CT molecular complexity index is 1960. The minimum Gasteiger partial charge on any atom is -0.534 e. The maximum Gasteiger partial charge on any atom is 0.547 e. The molecule has 3 aromatic rings. The molecule has 0 radical (unpaired) electrons. The number of hydrogen-bond donors (Lipinski definition) is 8. The Kier molecular flexibility index (Phi) is 10.1. The van der Waals surface area contributed by atoms with Crippen molar-refractivity contribution in [3.05, 3.63) is 81.6 Å². The van der Waals surface area contributed by atoms with Gasteiger partial charge in [0.15, 0.2) is 11.5 Å². The summed E-state index contributed by atoms with van der Waals surface area (Å²) in [6, 6.07) is 5.84. The van der Waals surface area contributed by atoms with Gasteiger partial charge in [-0.2, -0.15) is 0 Å². The number of aromatic hydroxyl groups is 2. The van der Waals surface area contributed by atoms with Crippen LogP contribution < -0.4 is 20.6 Å². The van der Waals surface area contributed by atoms with Crippen molar-refractivity contribution in [2.24, 2.45) is 0 Å². The van der Waals surface area contributed by atoms with Gasteiger partial charge in [-0.3, -0.25) is 23.8 Å². The Hall–Kier alpha value is -5.20. The second kappa shape index (κ2) is 14.0. The van der Waals surface area contributed by atoms with E-state index in [9.17, 15) is 63.1 Å². The van der Waals surface area contributed by atoms with E-state index in [1.54, 1.807) is 0 Å². The number of carboxylic acids is 1. The van der Waals surface area contributed by atoms with E-state index in [0.29, 0.717) is 4.90 Å². The van der Waals surface area contributed by atoms with Gasteiger partial charge in [-0.05, 0) is 47.4 Å². The summed E-state index contributed by atoms with van der Waals surface area (Å²) in [6.45, 7) is -0.828. The van der Waals surface area contributed by atoms with Crippen LogP contribution in [0.3, 0.4) is 0 Å². The summed E-state index contributed by atoms with van der Waals surface area (Å²) >= 11 is 6.04. The number of fused-ring (bicyclic) bond motifs is 1. The van der Waals surface area contributed by atoms with Crippen LogP contribution in [-0.2, 0) is 31.9 Å². The van der Waals surface area contributed by atoms with Gasteiger partial charge in [0.25, 0.3) is 0 Å². The summed E-state index contributed by atoms with van der Waals surface area (Å²) in [5.74, 6) is -9.10. The van der Waals surface area contributed by atoms with Crippen LogP contribution in [0.4, 0.5) is 9.18 Å². The van der Waals surface area contributed by atoms with Gasteiger partial charge in [-0.1, -0.05) is 35.9 Å². The summed E-state index contributed by atoms with van der Waals surface area (Å²) in [7, 11) is -6.61. The van der Waals surface area contributed by atoms with E-state index in [-0.39, 0.29) is 47.8 Å². The zero-order chi connectivity index (χ0) is 36.7. The first-order valence-corrected chi connectivity index (χ1v) is 16.4. The van der Waals surface area contributed by atoms with Crippen molar-refractivity contribution < 1.29 is 67.7 Å². The summed E-state index contributed by atoms with van der Waals surface area (Å²) in [4.78, 5) is 85.2. The first kappa shape index (κ1) is 36.1. The second-order valence-corrected chi connectivity index (χ2v) is 13.1. The number of amides is 5. The lowest BCUT2D eigenvalue weighted by molar-refractivity contribution is -0.154. The maximum atomic E-state index is 14.2. The molecule has 0 aliphatic carbocycles.